The molecule has 0 aromatic carbocycles. The van der Waals surface area contributed by atoms with Gasteiger partial charge in [-0.25, -0.2) is 28.6 Å². The van der Waals surface area contributed by atoms with Crippen molar-refractivity contribution in [2.45, 2.75) is 96.0 Å². The molecule has 32 heteroatoms. The van der Waals surface area contributed by atoms with Gasteiger partial charge in [0, 0.05) is 44.0 Å². The lowest BCUT2D eigenvalue weighted by Gasteiger charge is -2.30. The molecule has 1 aliphatic rings. The number of nitrogens with two attached hydrogens (primary N) is 2. The van der Waals surface area contributed by atoms with Crippen LogP contribution in [0.5, 0.6) is 0 Å². The molecule has 0 saturated carbocycles. The molecule has 28 nitrogen and oxygen atoms in total. The molecule has 2 aromatic rings. The summed E-state index contributed by atoms with van der Waals surface area (Å²) in [7, 11) is -16.5. The van der Waals surface area contributed by atoms with Crippen LogP contribution in [0.4, 0.5) is 5.82 Å². The molecule has 7 unspecified atom stereocenters. The number of hydrogen-bond donors (Lipinski definition) is 11. The van der Waals surface area contributed by atoms with Gasteiger partial charge in [0.1, 0.15) is 48.1 Å². The fourth-order valence-corrected chi connectivity index (χ4v) is 9.43. The number of carbonyl (C=O) groups is 5. The highest BCUT2D eigenvalue weighted by Crippen LogP contribution is 2.61. The smallest absolute Gasteiger partial charge is 0.386 e. The Morgan fingerprint density at radius 3 is 2.33 bits per heavy atom. The van der Waals surface area contributed by atoms with Crippen LogP contribution in [0.1, 0.15) is 65.5 Å². The molecule has 2 aromatic heterocycles. The van der Waals surface area contributed by atoms with E-state index < -0.39 is 96.5 Å². The number of imidazole rings is 1. The molecule has 0 spiro atoms. The number of aliphatic hydroxyl groups excluding tert-OH is 2. The number of ketones is 1. The van der Waals surface area contributed by atoms with Crippen LogP contribution in [0.3, 0.4) is 0 Å². The fraction of sp³-hybridized carbons (Fsp3) is 0.688. The zero-order chi connectivity index (χ0) is 48.0. The highest BCUT2D eigenvalue weighted by molar-refractivity contribution is 7.99. The number of aliphatic hydroxyl groups is 2. The Kier molecular flexibility index (Phi) is 20.8. The lowest BCUT2D eigenvalue weighted by Crippen LogP contribution is -2.46. The number of hydrogen-bond acceptors (Lipinski definition) is 20. The summed E-state index contributed by atoms with van der Waals surface area (Å²) in [6.07, 6.45) is -4.44. The van der Waals surface area contributed by atoms with Gasteiger partial charge in [-0.15, -0.1) is 0 Å². The SMILES string of the molecule is CC(=O)N[C@@H](CCCCCC(=O)CSCCNC(=O)CCNC(=O)C(O)C(C)(C)COP(=O)(O)OP(=O)(O)OCC1OC(n2cnc3c(N)ncnc32)C(O)C1OP(=O)(O)O)C(N)=O. The summed E-state index contributed by atoms with van der Waals surface area (Å²) in [5.74, 6) is -1.81. The Hall–Kier alpha value is -3.50. The van der Waals surface area contributed by atoms with Crippen LogP contribution in [0.15, 0.2) is 12.7 Å². The number of amides is 4. The first-order chi connectivity index (χ1) is 29.7. The molecule has 1 saturated heterocycles. The van der Waals surface area contributed by atoms with E-state index in [0.29, 0.717) is 37.9 Å². The van der Waals surface area contributed by atoms with E-state index in [4.69, 9.17) is 25.3 Å². The normalized spacial score (nSPS) is 20.8. The van der Waals surface area contributed by atoms with Gasteiger partial charge in [0.2, 0.25) is 23.6 Å². The number of anilines is 1. The van der Waals surface area contributed by atoms with Crippen LogP contribution in [0.25, 0.3) is 11.2 Å². The molecule has 64 heavy (non-hydrogen) atoms. The lowest BCUT2D eigenvalue weighted by atomic mass is 9.87. The first-order valence-corrected chi connectivity index (χ1v) is 24.9. The number of aromatic nitrogens is 4. The monoisotopic (exact) mass is 993 g/mol. The predicted octanol–water partition coefficient (Wildman–Crippen LogP) is -1.35. The molecule has 8 atom stereocenters. The second-order valence-corrected chi connectivity index (χ2v) is 20.3. The van der Waals surface area contributed by atoms with E-state index in [2.05, 4.69) is 39.7 Å². The number of nitrogens with one attached hydrogen (secondary N) is 3. The van der Waals surface area contributed by atoms with Crippen molar-refractivity contribution < 1.29 is 90.1 Å². The highest BCUT2D eigenvalue weighted by atomic mass is 32.2. The maximum Gasteiger partial charge on any atom is 0.481 e. The number of phosphoric ester groups is 3. The second-order valence-electron chi connectivity index (χ2n) is 14.9. The number of Topliss-reactive ketones (excluding diaryl/α,β-unsaturated/α-hetero) is 1. The molecule has 0 radical (unpaired) electrons. The summed E-state index contributed by atoms with van der Waals surface area (Å²) < 4.78 is 62.2. The Morgan fingerprint density at radius 2 is 1.67 bits per heavy atom. The lowest BCUT2D eigenvalue weighted by molar-refractivity contribution is -0.137. The number of unbranched alkanes of at least 4 members (excludes halogenated alkanes) is 2. The third-order valence-corrected chi connectivity index (χ3v) is 13.2. The summed E-state index contributed by atoms with van der Waals surface area (Å²) in [5, 5.41) is 29.0. The summed E-state index contributed by atoms with van der Waals surface area (Å²) in [6.45, 7) is 1.73. The van der Waals surface area contributed by atoms with Crippen LogP contribution in [-0.4, -0.2) is 147 Å². The highest BCUT2D eigenvalue weighted by Gasteiger charge is 2.50. The van der Waals surface area contributed by atoms with Crippen LogP contribution in [0.2, 0.25) is 0 Å². The average molecular weight is 994 g/mol. The number of fused-ring (bicyclic) bond motifs is 1. The molecular weight excluding hydrogens is 939 g/mol. The molecule has 1 fully saturated rings. The molecule has 3 rings (SSSR count). The molecular formula is C32H54N9O19P3S. The first-order valence-electron chi connectivity index (χ1n) is 19.3. The predicted molar refractivity (Wildman–Crippen MR) is 222 cm³/mol. The minimum absolute atomic E-state index is 0.0108. The van der Waals surface area contributed by atoms with E-state index in [0.717, 1.165) is 17.2 Å². The molecule has 0 aliphatic carbocycles. The van der Waals surface area contributed by atoms with Crippen molar-refractivity contribution >= 4 is 81.6 Å². The number of primary amides is 1. The average Bonchev–Trinajstić information content (AvgIpc) is 3.74. The van der Waals surface area contributed by atoms with Crippen molar-refractivity contribution in [1.82, 2.24) is 35.5 Å². The molecule has 1 aliphatic heterocycles. The van der Waals surface area contributed by atoms with Gasteiger partial charge in [0.05, 0.1) is 25.3 Å². The van der Waals surface area contributed by atoms with Gasteiger partial charge in [-0.2, -0.15) is 16.1 Å². The fourth-order valence-electron chi connectivity index (χ4n) is 5.84. The summed E-state index contributed by atoms with van der Waals surface area (Å²) in [6, 6.07) is -0.752. The van der Waals surface area contributed by atoms with Gasteiger partial charge in [-0.1, -0.05) is 26.7 Å². The van der Waals surface area contributed by atoms with E-state index in [1.54, 1.807) is 0 Å². The molecule has 0 bridgehead atoms. The van der Waals surface area contributed by atoms with Gasteiger partial charge in [-0.3, -0.25) is 42.1 Å². The largest absolute Gasteiger partial charge is 0.481 e. The van der Waals surface area contributed by atoms with Crippen molar-refractivity contribution in [1.29, 1.82) is 0 Å². The summed E-state index contributed by atoms with van der Waals surface area (Å²) in [5.41, 5.74) is 9.49. The van der Waals surface area contributed by atoms with E-state index >= 15 is 0 Å². The maximum atomic E-state index is 12.7. The zero-order valence-corrected chi connectivity index (χ0v) is 38.3. The van der Waals surface area contributed by atoms with Crippen LogP contribution in [0, 0.1) is 5.41 Å². The number of thioether (sulfide) groups is 1. The van der Waals surface area contributed by atoms with E-state index in [1.807, 2.05) is 0 Å². The van der Waals surface area contributed by atoms with Crippen LogP contribution in [-0.2, 0) is 60.3 Å². The quantitative estimate of drug-likeness (QED) is 0.0331. The van der Waals surface area contributed by atoms with Gasteiger partial charge < -0.3 is 61.9 Å². The number of phosphoric acid groups is 3. The molecule has 362 valence electrons. The molecule has 3 heterocycles. The van der Waals surface area contributed by atoms with Crippen LogP contribution >= 0.6 is 35.2 Å². The van der Waals surface area contributed by atoms with Gasteiger partial charge in [0.15, 0.2) is 17.7 Å². The van der Waals surface area contributed by atoms with E-state index in [1.165, 1.54) is 32.5 Å². The minimum Gasteiger partial charge on any atom is -0.386 e. The van der Waals surface area contributed by atoms with Crippen molar-refractivity contribution in [3.8, 4) is 0 Å². The number of carbonyl (C=O) groups excluding carboxylic acids is 5. The summed E-state index contributed by atoms with van der Waals surface area (Å²) in [4.78, 5) is 111. The Morgan fingerprint density at radius 1 is 0.984 bits per heavy atom. The van der Waals surface area contributed by atoms with Crippen molar-refractivity contribution in [3.63, 3.8) is 0 Å². The van der Waals surface area contributed by atoms with Gasteiger partial charge >= 0.3 is 23.5 Å². The van der Waals surface area contributed by atoms with Crippen LogP contribution < -0.4 is 27.4 Å². The van der Waals surface area contributed by atoms with Crippen molar-refractivity contribution in [3.05, 3.63) is 12.7 Å². The Balaban J connectivity index is 1.37. The van der Waals surface area contributed by atoms with Crippen molar-refractivity contribution in [2.24, 2.45) is 11.1 Å². The topological polar surface area (TPSA) is 436 Å². The number of nitrogens with zero attached hydrogens (tertiary/aromatic N) is 4. The Labute approximate surface area is 369 Å². The number of nitrogen functional groups attached to an aromatic ring is 1. The molecule has 13 N–H and O–H groups in total. The zero-order valence-electron chi connectivity index (χ0n) is 34.8. The van der Waals surface area contributed by atoms with Gasteiger partial charge in [0.25, 0.3) is 0 Å². The number of rotatable bonds is 29. The van der Waals surface area contributed by atoms with Crippen molar-refractivity contribution in [2.75, 3.05) is 43.5 Å². The third kappa shape index (κ3) is 18.1. The standard InChI is InChI=1S/C32H54N9O19P3S/c1-18(42)40-20(28(34)47)8-6-4-5-7-19(43)14-64-12-11-35-22(44)9-10-36-30(48)26(46)32(2,3)15-57-63(54,55)60-62(52,53)56-13-21-25(59-61(49,50)51)24(45)31(58-21)41-17-39-23-27(33)37-16-38-29(23)41/h16-17,20-21,24-26,31,45-46H,4-15H2,1-3H3,(H2,34,47)(H,35,44)(H,36,48)(H,40,42)(H,52,53)(H,54,55)(H2,33,37,38)(H2,49,50,51)/t20-,21?,24?,25?,26?,31?/m0/s1. The second kappa shape index (κ2) is 24.3. The maximum absolute atomic E-state index is 12.7. The van der Waals surface area contributed by atoms with Gasteiger partial charge in [-0.05, 0) is 12.8 Å². The Bertz CT molecular complexity index is 2090. The first kappa shape index (κ1) is 54.8. The van der Waals surface area contributed by atoms with E-state index in [-0.39, 0.29) is 53.9 Å². The summed E-state index contributed by atoms with van der Waals surface area (Å²) >= 11 is 1.32. The minimum atomic E-state index is -5.59. The third-order valence-electron chi connectivity index (χ3n) is 9.08. The van der Waals surface area contributed by atoms with E-state index in [9.17, 15) is 67.5 Å². The number of ether oxygens (including phenoxy) is 1. The molecule has 4 amide bonds.